The minimum atomic E-state index is -3.72. The summed E-state index contributed by atoms with van der Waals surface area (Å²) in [6.45, 7) is 0.500. The molecule has 2 atom stereocenters. The van der Waals surface area contributed by atoms with Gasteiger partial charge in [0, 0.05) is 19.5 Å². The first-order valence-electron chi connectivity index (χ1n) is 9.51. The first-order chi connectivity index (χ1) is 13.3. The fourth-order valence-corrected chi connectivity index (χ4v) is 4.46. The van der Waals surface area contributed by atoms with Crippen molar-refractivity contribution >= 4 is 27.7 Å². The first kappa shape index (κ1) is 20.5. The number of nitrogens with zero attached hydrogens (tertiary/aromatic N) is 1. The third-order valence-corrected chi connectivity index (χ3v) is 6.41. The van der Waals surface area contributed by atoms with Crippen LogP contribution in [0.1, 0.15) is 37.7 Å². The number of amides is 3. The zero-order chi connectivity index (χ0) is 20.3. The SMILES string of the molecule is NS(=O)(=O)c1ccc(CCNC(=O)CCN2C(=O)[C@H]3CCCC[C@@H]3C2=O)cc1. The Kier molecular flexibility index (Phi) is 6.14. The van der Waals surface area contributed by atoms with Crippen LogP contribution >= 0.6 is 0 Å². The monoisotopic (exact) mass is 407 g/mol. The number of nitrogens with one attached hydrogen (secondary N) is 1. The second-order valence-corrected chi connectivity index (χ2v) is 8.93. The van der Waals surface area contributed by atoms with E-state index in [1.54, 1.807) is 12.1 Å². The molecule has 0 unspecified atom stereocenters. The van der Waals surface area contributed by atoms with Crippen molar-refractivity contribution in [3.63, 3.8) is 0 Å². The smallest absolute Gasteiger partial charge is 0.238 e. The average molecular weight is 407 g/mol. The van der Waals surface area contributed by atoms with Crippen molar-refractivity contribution in [2.75, 3.05) is 13.1 Å². The highest BCUT2D eigenvalue weighted by Gasteiger charge is 2.47. The fraction of sp³-hybridized carbons (Fsp3) is 0.526. The zero-order valence-electron chi connectivity index (χ0n) is 15.6. The maximum absolute atomic E-state index is 12.4. The van der Waals surface area contributed by atoms with E-state index in [1.807, 2.05) is 0 Å². The molecule has 1 aromatic carbocycles. The van der Waals surface area contributed by atoms with E-state index in [-0.39, 0.29) is 47.4 Å². The number of likely N-dealkylation sites (tertiary alicyclic amines) is 1. The van der Waals surface area contributed by atoms with Gasteiger partial charge in [-0.15, -0.1) is 0 Å². The maximum Gasteiger partial charge on any atom is 0.238 e. The molecule has 2 aliphatic rings. The van der Waals surface area contributed by atoms with Crippen LogP contribution < -0.4 is 10.5 Å². The second kappa shape index (κ2) is 8.40. The Hall–Kier alpha value is -2.26. The molecule has 1 aliphatic heterocycles. The lowest BCUT2D eigenvalue weighted by Gasteiger charge is -2.19. The van der Waals surface area contributed by atoms with Crippen LogP contribution in [0.3, 0.4) is 0 Å². The summed E-state index contributed by atoms with van der Waals surface area (Å²) in [6.07, 6.45) is 4.10. The van der Waals surface area contributed by atoms with E-state index in [0.717, 1.165) is 31.2 Å². The molecule has 1 aromatic rings. The number of carbonyl (C=O) groups is 3. The molecule has 9 heteroatoms. The quantitative estimate of drug-likeness (QED) is 0.639. The van der Waals surface area contributed by atoms with Crippen molar-refractivity contribution in [2.45, 2.75) is 43.4 Å². The Morgan fingerprint density at radius 3 is 2.18 bits per heavy atom. The number of primary sulfonamides is 1. The van der Waals surface area contributed by atoms with Gasteiger partial charge in [-0.25, -0.2) is 13.6 Å². The fourth-order valence-electron chi connectivity index (χ4n) is 3.95. The van der Waals surface area contributed by atoms with Gasteiger partial charge in [-0.05, 0) is 37.0 Å². The van der Waals surface area contributed by atoms with E-state index >= 15 is 0 Å². The molecule has 2 fully saturated rings. The number of hydrogen-bond acceptors (Lipinski definition) is 5. The van der Waals surface area contributed by atoms with Gasteiger partial charge in [0.25, 0.3) is 0 Å². The molecule has 8 nitrogen and oxygen atoms in total. The molecule has 0 aromatic heterocycles. The summed E-state index contributed by atoms with van der Waals surface area (Å²) >= 11 is 0. The van der Waals surface area contributed by atoms with Gasteiger partial charge in [-0.1, -0.05) is 25.0 Å². The summed E-state index contributed by atoms with van der Waals surface area (Å²) in [5.74, 6) is -0.860. The Labute approximate surface area is 164 Å². The van der Waals surface area contributed by atoms with Crippen LogP contribution in [0.2, 0.25) is 0 Å². The number of hydrogen-bond donors (Lipinski definition) is 2. The molecule has 1 aliphatic carbocycles. The summed E-state index contributed by atoms with van der Waals surface area (Å²) in [7, 11) is -3.72. The van der Waals surface area contributed by atoms with Crippen molar-refractivity contribution in [3.05, 3.63) is 29.8 Å². The van der Waals surface area contributed by atoms with Crippen LogP contribution in [-0.2, 0) is 30.8 Å². The largest absolute Gasteiger partial charge is 0.356 e. The van der Waals surface area contributed by atoms with Gasteiger partial charge in [-0.2, -0.15) is 0 Å². The topological polar surface area (TPSA) is 127 Å². The molecule has 1 saturated carbocycles. The minimum Gasteiger partial charge on any atom is -0.356 e. The lowest BCUT2D eigenvalue weighted by molar-refractivity contribution is -0.140. The lowest BCUT2D eigenvalue weighted by Crippen LogP contribution is -2.35. The van der Waals surface area contributed by atoms with Crippen LogP contribution in [0.5, 0.6) is 0 Å². The highest BCUT2D eigenvalue weighted by molar-refractivity contribution is 7.89. The highest BCUT2D eigenvalue weighted by atomic mass is 32.2. The highest BCUT2D eigenvalue weighted by Crippen LogP contribution is 2.37. The predicted molar refractivity (Wildman–Crippen MR) is 101 cm³/mol. The average Bonchev–Trinajstić information content (AvgIpc) is 2.91. The van der Waals surface area contributed by atoms with Crippen LogP contribution in [0.4, 0.5) is 0 Å². The number of nitrogens with two attached hydrogens (primary N) is 1. The number of carbonyl (C=O) groups excluding carboxylic acids is 3. The molecule has 0 spiro atoms. The van der Waals surface area contributed by atoms with Crippen molar-refractivity contribution in [3.8, 4) is 0 Å². The van der Waals surface area contributed by atoms with E-state index in [9.17, 15) is 22.8 Å². The molecular weight excluding hydrogens is 382 g/mol. The molecule has 3 N–H and O–H groups in total. The van der Waals surface area contributed by atoms with Crippen molar-refractivity contribution in [1.29, 1.82) is 0 Å². The zero-order valence-corrected chi connectivity index (χ0v) is 16.4. The van der Waals surface area contributed by atoms with Gasteiger partial charge in [0.15, 0.2) is 0 Å². The van der Waals surface area contributed by atoms with Crippen molar-refractivity contribution in [1.82, 2.24) is 10.2 Å². The second-order valence-electron chi connectivity index (χ2n) is 7.36. The number of benzene rings is 1. The number of rotatable bonds is 7. The van der Waals surface area contributed by atoms with E-state index in [4.69, 9.17) is 5.14 Å². The summed E-state index contributed by atoms with van der Waals surface area (Å²) < 4.78 is 22.5. The van der Waals surface area contributed by atoms with Gasteiger partial charge in [-0.3, -0.25) is 19.3 Å². The van der Waals surface area contributed by atoms with Gasteiger partial charge in [0.05, 0.1) is 16.7 Å². The minimum absolute atomic E-state index is 0.0424. The Morgan fingerprint density at radius 2 is 1.64 bits per heavy atom. The van der Waals surface area contributed by atoms with E-state index in [0.29, 0.717) is 13.0 Å². The molecule has 0 radical (unpaired) electrons. The molecule has 28 heavy (non-hydrogen) atoms. The number of imide groups is 1. The molecule has 3 amide bonds. The third-order valence-electron chi connectivity index (χ3n) is 5.48. The summed E-state index contributed by atoms with van der Waals surface area (Å²) in [6, 6.07) is 6.15. The van der Waals surface area contributed by atoms with Gasteiger partial charge < -0.3 is 5.32 Å². The number of sulfonamides is 1. The standard InChI is InChI=1S/C19H25N3O5S/c20-28(26,27)14-7-5-13(6-8-14)9-11-21-17(23)10-12-22-18(24)15-3-1-2-4-16(15)19(22)25/h5-8,15-16H,1-4,9-12H2,(H,21,23)(H2,20,26,27)/t15-,16-/m0/s1. The first-order valence-corrected chi connectivity index (χ1v) is 11.1. The molecular formula is C19H25N3O5S. The van der Waals surface area contributed by atoms with Gasteiger partial charge in [0.1, 0.15) is 0 Å². The summed E-state index contributed by atoms with van der Waals surface area (Å²) in [5.41, 5.74) is 0.863. The van der Waals surface area contributed by atoms with Crippen molar-refractivity contribution in [2.24, 2.45) is 17.0 Å². The molecule has 1 saturated heterocycles. The normalized spacial score (nSPS) is 22.2. The van der Waals surface area contributed by atoms with Crippen LogP contribution in [0, 0.1) is 11.8 Å². The van der Waals surface area contributed by atoms with Crippen LogP contribution in [-0.4, -0.2) is 44.1 Å². The molecule has 152 valence electrons. The maximum atomic E-state index is 12.4. The third kappa shape index (κ3) is 4.59. The van der Waals surface area contributed by atoms with Gasteiger partial charge in [0.2, 0.25) is 27.7 Å². The summed E-state index contributed by atoms with van der Waals surface area (Å²) in [5, 5.41) is 7.81. The molecule has 0 bridgehead atoms. The van der Waals surface area contributed by atoms with Gasteiger partial charge >= 0.3 is 0 Å². The molecule has 1 heterocycles. The Morgan fingerprint density at radius 1 is 1.07 bits per heavy atom. The van der Waals surface area contributed by atoms with E-state index < -0.39 is 10.0 Å². The predicted octanol–water partition coefficient (Wildman–Crippen LogP) is 0.558. The lowest BCUT2D eigenvalue weighted by atomic mass is 9.81. The Balaban J connectivity index is 1.42. The van der Waals surface area contributed by atoms with Crippen LogP contribution in [0.15, 0.2) is 29.2 Å². The van der Waals surface area contributed by atoms with E-state index in [2.05, 4.69) is 5.32 Å². The summed E-state index contributed by atoms with van der Waals surface area (Å²) in [4.78, 5) is 38.1. The number of fused-ring (bicyclic) bond motifs is 1. The molecule has 3 rings (SSSR count). The Bertz CT molecular complexity index is 842. The van der Waals surface area contributed by atoms with Crippen LogP contribution in [0.25, 0.3) is 0 Å². The van der Waals surface area contributed by atoms with Crippen molar-refractivity contribution < 1.29 is 22.8 Å². The van der Waals surface area contributed by atoms with E-state index in [1.165, 1.54) is 17.0 Å².